The maximum atomic E-state index is 6.10. The molecular weight excluding hydrogens is 290 g/mol. The summed E-state index contributed by atoms with van der Waals surface area (Å²) in [5, 5.41) is 4.27. The van der Waals surface area contributed by atoms with E-state index in [1.807, 2.05) is 41.2 Å². The van der Waals surface area contributed by atoms with Crippen LogP contribution in [0.4, 0.5) is 11.5 Å². The molecular formula is C16H15N7. The molecule has 0 spiro atoms. The maximum Gasteiger partial charge on any atom is 0.151 e. The molecule has 0 saturated heterocycles. The minimum absolute atomic E-state index is 0.448. The Bertz CT molecular complexity index is 952. The third-order valence-electron chi connectivity index (χ3n) is 3.79. The Hall–Kier alpha value is -3.35. The molecule has 0 saturated carbocycles. The number of hydrogen-bond donors (Lipinski definition) is 2. The first-order valence-electron chi connectivity index (χ1n) is 7.15. The first kappa shape index (κ1) is 13.3. The first-order chi connectivity index (χ1) is 11.2. The fraction of sp³-hybridized carbons (Fsp3) is 0.0625. The standard InChI is InChI=1S/C16H15N7/c17-13-3-1-11(2-4-13)14-12(7-22-6-5-19-10-22)8-23-15(14)16(18)20-9-21-23/h1-6,8-10H,7,17H2,(H2,18,20,21). The fourth-order valence-corrected chi connectivity index (χ4v) is 2.75. The minimum Gasteiger partial charge on any atom is -0.399 e. The van der Waals surface area contributed by atoms with Crippen LogP contribution in [0.2, 0.25) is 0 Å². The number of hydrogen-bond acceptors (Lipinski definition) is 5. The minimum atomic E-state index is 0.448. The molecule has 114 valence electrons. The van der Waals surface area contributed by atoms with Gasteiger partial charge in [-0.25, -0.2) is 14.5 Å². The molecule has 0 aliphatic carbocycles. The van der Waals surface area contributed by atoms with E-state index in [1.54, 1.807) is 17.0 Å². The van der Waals surface area contributed by atoms with E-state index >= 15 is 0 Å². The summed E-state index contributed by atoms with van der Waals surface area (Å²) in [5.41, 5.74) is 16.5. The van der Waals surface area contributed by atoms with Gasteiger partial charge in [-0.15, -0.1) is 0 Å². The zero-order valence-electron chi connectivity index (χ0n) is 12.3. The molecule has 7 nitrogen and oxygen atoms in total. The van der Waals surface area contributed by atoms with Crippen molar-refractivity contribution in [2.75, 3.05) is 11.5 Å². The number of nitrogen functional groups attached to an aromatic ring is 2. The molecule has 0 radical (unpaired) electrons. The Balaban J connectivity index is 1.96. The molecule has 0 amide bonds. The van der Waals surface area contributed by atoms with E-state index in [4.69, 9.17) is 11.5 Å². The van der Waals surface area contributed by atoms with Gasteiger partial charge in [0.15, 0.2) is 5.82 Å². The average molecular weight is 305 g/mol. The van der Waals surface area contributed by atoms with Crippen molar-refractivity contribution in [2.45, 2.75) is 6.54 Å². The SMILES string of the molecule is Nc1ccc(-c2c(Cn3ccnc3)cn3ncnc(N)c23)cc1. The van der Waals surface area contributed by atoms with Crippen LogP contribution in [-0.2, 0) is 6.54 Å². The summed E-state index contributed by atoms with van der Waals surface area (Å²) in [4.78, 5) is 8.21. The van der Waals surface area contributed by atoms with Crippen molar-refractivity contribution in [3.8, 4) is 11.1 Å². The van der Waals surface area contributed by atoms with Gasteiger partial charge in [0.25, 0.3) is 0 Å². The predicted molar refractivity (Wildman–Crippen MR) is 88.6 cm³/mol. The van der Waals surface area contributed by atoms with E-state index in [1.165, 1.54) is 6.33 Å². The molecule has 3 aromatic heterocycles. The molecule has 0 aliphatic heterocycles. The van der Waals surface area contributed by atoms with Crippen LogP contribution < -0.4 is 11.5 Å². The second-order valence-electron chi connectivity index (χ2n) is 5.32. The molecule has 7 heteroatoms. The molecule has 0 aliphatic rings. The number of anilines is 2. The highest BCUT2D eigenvalue weighted by molar-refractivity contribution is 5.90. The van der Waals surface area contributed by atoms with Crippen molar-refractivity contribution >= 4 is 17.0 Å². The number of nitrogens with zero attached hydrogens (tertiary/aromatic N) is 5. The van der Waals surface area contributed by atoms with Gasteiger partial charge < -0.3 is 16.0 Å². The summed E-state index contributed by atoms with van der Waals surface area (Å²) in [5.74, 6) is 0.448. The van der Waals surface area contributed by atoms with Crippen LogP contribution in [0.25, 0.3) is 16.6 Å². The van der Waals surface area contributed by atoms with Crippen molar-refractivity contribution in [1.29, 1.82) is 0 Å². The summed E-state index contributed by atoms with van der Waals surface area (Å²) < 4.78 is 3.76. The van der Waals surface area contributed by atoms with Crippen molar-refractivity contribution in [3.63, 3.8) is 0 Å². The van der Waals surface area contributed by atoms with Gasteiger partial charge >= 0.3 is 0 Å². The number of aromatic nitrogens is 5. The van der Waals surface area contributed by atoms with Gasteiger partial charge in [0, 0.05) is 35.4 Å². The highest BCUT2D eigenvalue weighted by Crippen LogP contribution is 2.33. The summed E-state index contributed by atoms with van der Waals surface area (Å²) in [7, 11) is 0. The molecule has 0 atom stereocenters. The smallest absolute Gasteiger partial charge is 0.151 e. The fourth-order valence-electron chi connectivity index (χ4n) is 2.75. The van der Waals surface area contributed by atoms with Crippen LogP contribution in [0.15, 0.2) is 55.5 Å². The third-order valence-corrected chi connectivity index (χ3v) is 3.79. The van der Waals surface area contributed by atoms with Gasteiger partial charge in [-0.05, 0) is 17.7 Å². The average Bonchev–Trinajstić information content (AvgIpc) is 3.17. The number of benzene rings is 1. The maximum absolute atomic E-state index is 6.10. The number of imidazole rings is 1. The van der Waals surface area contributed by atoms with E-state index in [9.17, 15) is 0 Å². The number of nitrogens with two attached hydrogens (primary N) is 2. The third kappa shape index (κ3) is 2.28. The highest BCUT2D eigenvalue weighted by atomic mass is 15.2. The van der Waals surface area contributed by atoms with Gasteiger partial charge in [0.2, 0.25) is 0 Å². The van der Waals surface area contributed by atoms with Gasteiger partial charge in [0.05, 0.1) is 12.9 Å². The molecule has 23 heavy (non-hydrogen) atoms. The Labute approximate surface area is 132 Å². The van der Waals surface area contributed by atoms with Crippen molar-refractivity contribution in [2.24, 2.45) is 0 Å². The molecule has 4 aromatic rings. The lowest BCUT2D eigenvalue weighted by molar-refractivity contribution is 0.793. The van der Waals surface area contributed by atoms with Crippen LogP contribution in [0.1, 0.15) is 5.56 Å². The Morgan fingerprint density at radius 1 is 1.09 bits per heavy atom. The molecule has 0 fully saturated rings. The molecule has 0 unspecified atom stereocenters. The second kappa shape index (κ2) is 5.13. The van der Waals surface area contributed by atoms with Gasteiger partial charge in [-0.1, -0.05) is 12.1 Å². The lowest BCUT2D eigenvalue weighted by atomic mass is 10.0. The van der Waals surface area contributed by atoms with Crippen LogP contribution in [0.5, 0.6) is 0 Å². The summed E-state index contributed by atoms with van der Waals surface area (Å²) in [6.07, 6.45) is 8.89. The monoisotopic (exact) mass is 305 g/mol. The molecule has 3 heterocycles. The van der Waals surface area contributed by atoms with Crippen LogP contribution in [-0.4, -0.2) is 24.1 Å². The van der Waals surface area contributed by atoms with E-state index in [2.05, 4.69) is 15.1 Å². The Morgan fingerprint density at radius 2 is 1.91 bits per heavy atom. The quantitative estimate of drug-likeness (QED) is 0.562. The van der Waals surface area contributed by atoms with Crippen LogP contribution >= 0.6 is 0 Å². The zero-order chi connectivity index (χ0) is 15.8. The zero-order valence-corrected chi connectivity index (χ0v) is 12.3. The van der Waals surface area contributed by atoms with E-state index in [0.717, 1.165) is 27.9 Å². The largest absolute Gasteiger partial charge is 0.399 e. The van der Waals surface area contributed by atoms with E-state index in [0.29, 0.717) is 12.4 Å². The molecule has 0 bridgehead atoms. The summed E-state index contributed by atoms with van der Waals surface area (Å²) in [6.45, 7) is 0.669. The Morgan fingerprint density at radius 3 is 2.65 bits per heavy atom. The summed E-state index contributed by atoms with van der Waals surface area (Å²) >= 11 is 0. The van der Waals surface area contributed by atoms with Crippen molar-refractivity contribution in [1.82, 2.24) is 24.1 Å². The van der Waals surface area contributed by atoms with Gasteiger partial charge in [0.1, 0.15) is 11.8 Å². The first-order valence-corrected chi connectivity index (χ1v) is 7.15. The molecule has 1 aromatic carbocycles. The van der Waals surface area contributed by atoms with Crippen molar-refractivity contribution in [3.05, 3.63) is 61.1 Å². The topological polar surface area (TPSA) is 100 Å². The predicted octanol–water partition coefficient (Wildman–Crippen LogP) is 1.81. The lowest BCUT2D eigenvalue weighted by Crippen LogP contribution is -1.98. The highest BCUT2D eigenvalue weighted by Gasteiger charge is 2.16. The Kier molecular flexibility index (Phi) is 2.97. The molecule has 4 rings (SSSR count). The van der Waals surface area contributed by atoms with E-state index in [-0.39, 0.29) is 0 Å². The van der Waals surface area contributed by atoms with E-state index < -0.39 is 0 Å². The van der Waals surface area contributed by atoms with Crippen LogP contribution in [0.3, 0.4) is 0 Å². The number of fused-ring (bicyclic) bond motifs is 1. The van der Waals surface area contributed by atoms with Crippen molar-refractivity contribution < 1.29 is 0 Å². The summed E-state index contributed by atoms with van der Waals surface area (Å²) in [6, 6.07) is 7.71. The normalized spacial score (nSPS) is 11.1. The lowest BCUT2D eigenvalue weighted by Gasteiger charge is -2.07. The van der Waals surface area contributed by atoms with Crippen LogP contribution in [0, 0.1) is 0 Å². The van der Waals surface area contributed by atoms with Gasteiger partial charge in [-0.2, -0.15) is 5.10 Å². The molecule has 4 N–H and O–H groups in total. The number of rotatable bonds is 3. The van der Waals surface area contributed by atoms with Gasteiger partial charge in [-0.3, -0.25) is 0 Å². The second-order valence-corrected chi connectivity index (χ2v) is 5.32.